The Balaban J connectivity index is 2.67. The topological polar surface area (TPSA) is 17.8 Å². The molecule has 0 aliphatic carbocycles. The van der Waals surface area contributed by atoms with Crippen LogP contribution in [0.4, 0.5) is 4.39 Å². The highest BCUT2D eigenvalue weighted by Crippen LogP contribution is 2.22. The molecule has 0 N–H and O–H groups in total. The van der Waals surface area contributed by atoms with E-state index >= 15 is 0 Å². The number of hydrogen-bond donors (Lipinski definition) is 0. The highest BCUT2D eigenvalue weighted by atomic mass is 79.9. The van der Waals surface area contributed by atoms with E-state index in [4.69, 9.17) is 0 Å². The van der Waals surface area contributed by atoms with Gasteiger partial charge in [0.15, 0.2) is 0 Å². The van der Waals surface area contributed by atoms with Crippen LogP contribution in [0.2, 0.25) is 0 Å². The molecule has 0 saturated heterocycles. The van der Waals surface area contributed by atoms with E-state index in [0.717, 1.165) is 17.0 Å². The van der Waals surface area contributed by atoms with Crippen molar-refractivity contribution in [3.8, 4) is 5.69 Å². The van der Waals surface area contributed by atoms with Crippen molar-refractivity contribution in [2.75, 3.05) is 0 Å². The third kappa shape index (κ3) is 1.89. The van der Waals surface area contributed by atoms with Gasteiger partial charge in [-0.15, -0.1) is 0 Å². The molecule has 0 aliphatic heterocycles. The molecular weight excluding hydrogens is 271 g/mol. The minimum atomic E-state index is -0.247. The van der Waals surface area contributed by atoms with Gasteiger partial charge in [0.25, 0.3) is 0 Å². The van der Waals surface area contributed by atoms with Crippen molar-refractivity contribution in [1.82, 2.24) is 9.78 Å². The number of nitrogens with zero attached hydrogens (tertiary/aromatic N) is 2. The van der Waals surface area contributed by atoms with Crippen molar-refractivity contribution >= 4 is 15.9 Å². The Morgan fingerprint density at radius 3 is 2.69 bits per heavy atom. The molecule has 4 heteroatoms. The molecule has 0 fully saturated rings. The van der Waals surface area contributed by atoms with E-state index < -0.39 is 0 Å². The maximum Gasteiger partial charge on any atom is 0.149 e. The van der Waals surface area contributed by atoms with E-state index in [1.807, 2.05) is 26.0 Å². The quantitative estimate of drug-likeness (QED) is 0.771. The largest absolute Gasteiger partial charge is 0.235 e. The lowest BCUT2D eigenvalue weighted by molar-refractivity contribution is 0.606. The van der Waals surface area contributed by atoms with Crippen LogP contribution in [0.25, 0.3) is 5.69 Å². The van der Waals surface area contributed by atoms with Crippen molar-refractivity contribution in [3.05, 3.63) is 47.0 Å². The highest BCUT2D eigenvalue weighted by molar-refractivity contribution is 9.08. The average Bonchev–Trinajstić information content (AvgIpc) is 2.57. The summed E-state index contributed by atoms with van der Waals surface area (Å²) in [4.78, 5) is 0. The first-order valence-electron chi connectivity index (χ1n) is 5.00. The first-order chi connectivity index (χ1) is 7.63. The fraction of sp³-hybridized carbons (Fsp3) is 0.250. The molecule has 2 aromatic rings. The first kappa shape index (κ1) is 11.3. The molecule has 0 unspecified atom stereocenters. The van der Waals surface area contributed by atoms with Gasteiger partial charge in [0, 0.05) is 11.0 Å². The Kier molecular flexibility index (Phi) is 3.10. The average molecular weight is 283 g/mol. The van der Waals surface area contributed by atoms with Gasteiger partial charge in [-0.3, -0.25) is 0 Å². The Hall–Kier alpha value is -1.16. The third-order valence-electron chi connectivity index (χ3n) is 2.44. The van der Waals surface area contributed by atoms with Gasteiger partial charge >= 0.3 is 0 Å². The van der Waals surface area contributed by atoms with Crippen LogP contribution < -0.4 is 0 Å². The zero-order chi connectivity index (χ0) is 11.7. The van der Waals surface area contributed by atoms with Gasteiger partial charge in [-0.05, 0) is 31.5 Å². The van der Waals surface area contributed by atoms with Crippen LogP contribution in [0.1, 0.15) is 17.0 Å². The van der Waals surface area contributed by atoms with E-state index in [1.165, 1.54) is 6.07 Å². The van der Waals surface area contributed by atoms with E-state index in [9.17, 15) is 4.39 Å². The summed E-state index contributed by atoms with van der Waals surface area (Å²) in [7, 11) is 0. The summed E-state index contributed by atoms with van der Waals surface area (Å²) >= 11 is 3.36. The summed E-state index contributed by atoms with van der Waals surface area (Å²) < 4.78 is 15.5. The molecule has 1 aromatic heterocycles. The molecular formula is C12H12BrFN2. The van der Waals surface area contributed by atoms with Crippen LogP contribution in [-0.4, -0.2) is 9.78 Å². The lowest BCUT2D eigenvalue weighted by Crippen LogP contribution is -2.05. The number of halogens is 2. The lowest BCUT2D eigenvalue weighted by Gasteiger charge is -2.10. The van der Waals surface area contributed by atoms with E-state index in [1.54, 1.807) is 10.7 Å². The van der Waals surface area contributed by atoms with E-state index in [-0.39, 0.29) is 5.82 Å². The molecule has 16 heavy (non-hydrogen) atoms. The van der Waals surface area contributed by atoms with Gasteiger partial charge in [-0.25, -0.2) is 9.07 Å². The van der Waals surface area contributed by atoms with Gasteiger partial charge in [-0.2, -0.15) is 5.10 Å². The Bertz CT molecular complexity index is 520. The minimum Gasteiger partial charge on any atom is -0.235 e. The zero-order valence-corrected chi connectivity index (χ0v) is 10.8. The van der Waals surface area contributed by atoms with Gasteiger partial charge in [0.2, 0.25) is 0 Å². The standard InChI is InChI=1S/C12H12BrFN2/c1-8-6-9(2)16(15-8)12-10(7-13)4-3-5-11(12)14/h3-6H,7H2,1-2H3. The van der Waals surface area contributed by atoms with E-state index in [2.05, 4.69) is 21.0 Å². The predicted octanol–water partition coefficient (Wildman–Crippen LogP) is 3.52. The fourth-order valence-electron chi connectivity index (χ4n) is 1.76. The van der Waals surface area contributed by atoms with Crippen molar-refractivity contribution in [3.63, 3.8) is 0 Å². The van der Waals surface area contributed by atoms with Crippen LogP contribution in [0.3, 0.4) is 0 Å². The summed E-state index contributed by atoms with van der Waals surface area (Å²) in [6.07, 6.45) is 0. The number of para-hydroxylation sites is 1. The van der Waals surface area contributed by atoms with Crippen LogP contribution in [-0.2, 0) is 5.33 Å². The zero-order valence-electron chi connectivity index (χ0n) is 9.17. The molecule has 1 heterocycles. The molecule has 0 spiro atoms. The maximum atomic E-state index is 13.8. The second-order valence-electron chi connectivity index (χ2n) is 3.72. The Morgan fingerprint density at radius 1 is 1.38 bits per heavy atom. The number of rotatable bonds is 2. The molecule has 2 rings (SSSR count). The van der Waals surface area contributed by atoms with Crippen LogP contribution in [0.5, 0.6) is 0 Å². The number of aryl methyl sites for hydroxylation is 2. The van der Waals surface area contributed by atoms with Gasteiger partial charge in [0.1, 0.15) is 11.5 Å². The summed E-state index contributed by atoms with van der Waals surface area (Å²) in [6.45, 7) is 3.82. The number of benzene rings is 1. The molecule has 1 aromatic carbocycles. The molecule has 84 valence electrons. The molecule has 0 atom stereocenters. The predicted molar refractivity (Wildman–Crippen MR) is 65.6 cm³/mol. The molecule has 0 aliphatic rings. The lowest BCUT2D eigenvalue weighted by atomic mass is 10.2. The van der Waals surface area contributed by atoms with Crippen molar-refractivity contribution < 1.29 is 4.39 Å². The summed E-state index contributed by atoms with van der Waals surface area (Å²) in [6, 6.07) is 6.99. The second kappa shape index (κ2) is 4.37. The number of hydrogen-bond acceptors (Lipinski definition) is 1. The van der Waals surface area contributed by atoms with Gasteiger partial charge in [0.05, 0.1) is 5.69 Å². The summed E-state index contributed by atoms with van der Waals surface area (Å²) in [5.41, 5.74) is 3.25. The summed E-state index contributed by atoms with van der Waals surface area (Å²) in [5, 5.41) is 4.92. The molecule has 0 bridgehead atoms. The summed E-state index contributed by atoms with van der Waals surface area (Å²) in [5.74, 6) is -0.247. The van der Waals surface area contributed by atoms with Crippen molar-refractivity contribution in [2.45, 2.75) is 19.2 Å². The molecule has 0 amide bonds. The van der Waals surface area contributed by atoms with Crippen LogP contribution in [0, 0.1) is 19.7 Å². The maximum absolute atomic E-state index is 13.8. The molecule has 2 nitrogen and oxygen atoms in total. The number of alkyl halides is 1. The van der Waals surface area contributed by atoms with Crippen LogP contribution in [0.15, 0.2) is 24.3 Å². The SMILES string of the molecule is Cc1cc(C)n(-c2c(F)cccc2CBr)n1. The third-order valence-corrected chi connectivity index (χ3v) is 3.04. The molecule has 0 saturated carbocycles. The Labute approximate surface area is 102 Å². The van der Waals surface area contributed by atoms with Gasteiger partial charge < -0.3 is 0 Å². The fourth-order valence-corrected chi connectivity index (χ4v) is 2.21. The first-order valence-corrected chi connectivity index (χ1v) is 6.12. The smallest absolute Gasteiger partial charge is 0.149 e. The van der Waals surface area contributed by atoms with Gasteiger partial charge in [-0.1, -0.05) is 28.1 Å². The Morgan fingerprint density at radius 2 is 2.12 bits per heavy atom. The van der Waals surface area contributed by atoms with Crippen molar-refractivity contribution in [1.29, 1.82) is 0 Å². The molecule has 0 radical (unpaired) electrons. The highest BCUT2D eigenvalue weighted by Gasteiger charge is 2.12. The number of aromatic nitrogens is 2. The van der Waals surface area contributed by atoms with Crippen molar-refractivity contribution in [2.24, 2.45) is 0 Å². The second-order valence-corrected chi connectivity index (χ2v) is 4.28. The van der Waals surface area contributed by atoms with E-state index in [0.29, 0.717) is 11.0 Å². The monoisotopic (exact) mass is 282 g/mol. The normalized spacial score (nSPS) is 10.8. The van der Waals surface area contributed by atoms with Crippen LogP contribution >= 0.6 is 15.9 Å². The minimum absolute atomic E-state index is 0.247.